The molecule has 88 valence electrons. The monoisotopic (exact) mass is 222 g/mol. The largest absolute Gasteiger partial charge is 0.355 e. The zero-order chi connectivity index (χ0) is 11.8. The summed E-state index contributed by atoms with van der Waals surface area (Å²) in [6, 6.07) is 0. The Bertz CT molecular complexity index is 346. The van der Waals surface area contributed by atoms with Gasteiger partial charge in [-0.25, -0.2) is 4.98 Å². The molecule has 5 nitrogen and oxygen atoms in total. The lowest BCUT2D eigenvalue weighted by atomic mass is 10.4. The van der Waals surface area contributed by atoms with Gasteiger partial charge >= 0.3 is 0 Å². The normalized spacial score (nSPS) is 10.1. The molecule has 0 fully saturated rings. The van der Waals surface area contributed by atoms with Gasteiger partial charge < -0.3 is 15.2 Å². The summed E-state index contributed by atoms with van der Waals surface area (Å²) >= 11 is 0. The first-order valence-corrected chi connectivity index (χ1v) is 5.28. The quantitative estimate of drug-likeness (QED) is 0.498. The number of carbonyl (C=O) groups excluding carboxylic acids is 1. The molecular formula is C11H18N4O. The number of carbonyl (C=O) groups is 1. The minimum Gasteiger partial charge on any atom is -0.355 e. The Hall–Kier alpha value is -1.62. The van der Waals surface area contributed by atoms with Crippen molar-refractivity contribution in [2.45, 2.75) is 6.42 Å². The molecule has 2 N–H and O–H groups in total. The number of imidazole rings is 1. The van der Waals surface area contributed by atoms with E-state index in [2.05, 4.69) is 22.2 Å². The van der Waals surface area contributed by atoms with Crippen LogP contribution in [0.1, 0.15) is 5.82 Å². The van der Waals surface area contributed by atoms with Crippen LogP contribution in [0.15, 0.2) is 25.0 Å². The third-order valence-corrected chi connectivity index (χ3v) is 2.17. The van der Waals surface area contributed by atoms with E-state index in [1.54, 1.807) is 12.3 Å². The van der Waals surface area contributed by atoms with E-state index in [4.69, 9.17) is 0 Å². The third-order valence-electron chi connectivity index (χ3n) is 2.17. The summed E-state index contributed by atoms with van der Waals surface area (Å²) in [6.07, 6.45) is 6.11. The van der Waals surface area contributed by atoms with Crippen LogP contribution in [0.25, 0.3) is 0 Å². The Balaban J connectivity index is 2.13. The van der Waals surface area contributed by atoms with Crippen molar-refractivity contribution in [3.63, 3.8) is 0 Å². The van der Waals surface area contributed by atoms with E-state index in [9.17, 15) is 4.79 Å². The molecule has 0 aliphatic rings. The molecule has 5 heteroatoms. The summed E-state index contributed by atoms with van der Waals surface area (Å²) in [7, 11) is 1.94. The molecular weight excluding hydrogens is 204 g/mol. The molecule has 1 aromatic rings. The topological polar surface area (TPSA) is 59.0 Å². The van der Waals surface area contributed by atoms with Crippen LogP contribution in [0, 0.1) is 0 Å². The number of hydrogen-bond donors (Lipinski definition) is 2. The van der Waals surface area contributed by atoms with E-state index in [0.29, 0.717) is 19.6 Å². The second-order valence-corrected chi connectivity index (χ2v) is 3.47. The van der Waals surface area contributed by atoms with Gasteiger partial charge in [-0.1, -0.05) is 6.08 Å². The second-order valence-electron chi connectivity index (χ2n) is 3.47. The molecule has 0 aliphatic carbocycles. The van der Waals surface area contributed by atoms with Crippen molar-refractivity contribution in [1.82, 2.24) is 20.2 Å². The summed E-state index contributed by atoms with van der Waals surface area (Å²) in [5.41, 5.74) is 0. The first kappa shape index (κ1) is 12.4. The minimum atomic E-state index is -0.00365. The fourth-order valence-electron chi connectivity index (χ4n) is 1.30. The number of aromatic nitrogens is 2. The Morgan fingerprint density at radius 2 is 2.50 bits per heavy atom. The van der Waals surface area contributed by atoms with Gasteiger partial charge in [0.05, 0.1) is 6.54 Å². The van der Waals surface area contributed by atoms with Gasteiger partial charge in [0.15, 0.2) is 0 Å². The highest BCUT2D eigenvalue weighted by Gasteiger charge is 2.01. The van der Waals surface area contributed by atoms with Crippen molar-refractivity contribution >= 4 is 5.91 Å². The maximum absolute atomic E-state index is 11.3. The van der Waals surface area contributed by atoms with Crippen molar-refractivity contribution < 1.29 is 4.79 Å². The molecule has 1 heterocycles. The molecule has 0 bridgehead atoms. The molecule has 0 spiro atoms. The average molecular weight is 222 g/mol. The second kappa shape index (κ2) is 6.79. The smallest absolute Gasteiger partial charge is 0.233 e. The lowest BCUT2D eigenvalue weighted by Gasteiger charge is -2.05. The van der Waals surface area contributed by atoms with Gasteiger partial charge in [-0.05, 0) is 0 Å². The summed E-state index contributed by atoms with van der Waals surface area (Å²) < 4.78 is 1.95. The van der Waals surface area contributed by atoms with Crippen molar-refractivity contribution in [2.75, 3.05) is 19.6 Å². The number of nitrogens with one attached hydrogen (secondary N) is 2. The SMILES string of the molecule is C=CCNCC(=O)NCCc1nccn1C. The van der Waals surface area contributed by atoms with Gasteiger partial charge in [0.25, 0.3) is 0 Å². The summed E-state index contributed by atoms with van der Waals surface area (Å²) in [5.74, 6) is 0.968. The van der Waals surface area contributed by atoms with E-state index in [-0.39, 0.29) is 5.91 Å². The first-order valence-electron chi connectivity index (χ1n) is 5.28. The Labute approximate surface area is 95.6 Å². The maximum Gasteiger partial charge on any atom is 0.233 e. The highest BCUT2D eigenvalue weighted by atomic mass is 16.1. The van der Waals surface area contributed by atoms with Crippen LogP contribution in [-0.4, -0.2) is 35.1 Å². The third kappa shape index (κ3) is 4.27. The van der Waals surface area contributed by atoms with Gasteiger partial charge in [0, 0.05) is 39.0 Å². The number of nitrogens with zero attached hydrogens (tertiary/aromatic N) is 2. The Morgan fingerprint density at radius 1 is 1.69 bits per heavy atom. The molecule has 1 rings (SSSR count). The molecule has 0 radical (unpaired) electrons. The Kier molecular flexibility index (Phi) is 5.28. The molecule has 16 heavy (non-hydrogen) atoms. The predicted molar refractivity (Wildman–Crippen MR) is 63.0 cm³/mol. The molecule has 0 atom stereocenters. The van der Waals surface area contributed by atoms with Crippen molar-refractivity contribution in [3.8, 4) is 0 Å². The summed E-state index contributed by atoms with van der Waals surface area (Å²) in [4.78, 5) is 15.5. The molecule has 0 unspecified atom stereocenters. The van der Waals surface area contributed by atoms with E-state index >= 15 is 0 Å². The number of aryl methyl sites for hydroxylation is 1. The maximum atomic E-state index is 11.3. The highest BCUT2D eigenvalue weighted by molar-refractivity contribution is 5.77. The van der Waals surface area contributed by atoms with Crippen LogP contribution >= 0.6 is 0 Å². The van der Waals surface area contributed by atoms with Gasteiger partial charge in [0.1, 0.15) is 5.82 Å². The van der Waals surface area contributed by atoms with Gasteiger partial charge in [0.2, 0.25) is 5.91 Å². The average Bonchev–Trinajstić information content (AvgIpc) is 2.65. The Morgan fingerprint density at radius 3 is 3.12 bits per heavy atom. The number of hydrogen-bond acceptors (Lipinski definition) is 3. The number of amides is 1. The summed E-state index contributed by atoms with van der Waals surface area (Å²) in [5, 5.41) is 5.76. The van der Waals surface area contributed by atoms with Crippen LogP contribution in [0.3, 0.4) is 0 Å². The van der Waals surface area contributed by atoms with Crippen LogP contribution < -0.4 is 10.6 Å². The fraction of sp³-hybridized carbons (Fsp3) is 0.455. The van der Waals surface area contributed by atoms with Crippen LogP contribution in [0.4, 0.5) is 0 Å². The van der Waals surface area contributed by atoms with Crippen molar-refractivity contribution in [2.24, 2.45) is 7.05 Å². The lowest BCUT2D eigenvalue weighted by Crippen LogP contribution is -2.35. The lowest BCUT2D eigenvalue weighted by molar-refractivity contribution is -0.120. The highest BCUT2D eigenvalue weighted by Crippen LogP contribution is 1.93. The molecule has 0 aliphatic heterocycles. The van der Waals surface area contributed by atoms with Gasteiger partial charge in [-0.3, -0.25) is 4.79 Å². The van der Waals surface area contributed by atoms with E-state index in [0.717, 1.165) is 12.2 Å². The molecule has 0 saturated heterocycles. The van der Waals surface area contributed by atoms with Gasteiger partial charge in [-0.2, -0.15) is 0 Å². The van der Waals surface area contributed by atoms with Crippen LogP contribution in [-0.2, 0) is 18.3 Å². The van der Waals surface area contributed by atoms with Crippen molar-refractivity contribution in [3.05, 3.63) is 30.9 Å². The standard InChI is InChI=1S/C11H18N4O/c1-3-5-12-9-11(16)14-6-4-10-13-7-8-15(10)2/h3,7-8,12H,1,4-6,9H2,2H3,(H,14,16). The van der Waals surface area contributed by atoms with Gasteiger partial charge in [-0.15, -0.1) is 6.58 Å². The van der Waals surface area contributed by atoms with E-state index in [1.165, 1.54) is 0 Å². The molecule has 1 amide bonds. The zero-order valence-corrected chi connectivity index (χ0v) is 9.57. The molecule has 1 aromatic heterocycles. The van der Waals surface area contributed by atoms with Crippen LogP contribution in [0.5, 0.6) is 0 Å². The van der Waals surface area contributed by atoms with E-state index < -0.39 is 0 Å². The number of rotatable bonds is 7. The summed E-state index contributed by atoms with van der Waals surface area (Å²) in [6.45, 7) is 5.14. The minimum absolute atomic E-state index is 0.00365. The predicted octanol–water partition coefficient (Wildman–Crippen LogP) is -0.146. The first-order chi connectivity index (χ1) is 7.74. The van der Waals surface area contributed by atoms with Crippen molar-refractivity contribution in [1.29, 1.82) is 0 Å². The van der Waals surface area contributed by atoms with E-state index in [1.807, 2.05) is 17.8 Å². The fourth-order valence-corrected chi connectivity index (χ4v) is 1.30. The molecule has 0 aromatic carbocycles. The van der Waals surface area contributed by atoms with Crippen LogP contribution in [0.2, 0.25) is 0 Å². The molecule has 0 saturated carbocycles. The zero-order valence-electron chi connectivity index (χ0n) is 9.57.